The zero-order valence-corrected chi connectivity index (χ0v) is 10.7. The van der Waals surface area contributed by atoms with Crippen LogP contribution in [-0.2, 0) is 4.79 Å². The van der Waals surface area contributed by atoms with E-state index in [1.54, 1.807) is 6.08 Å². The van der Waals surface area contributed by atoms with Crippen molar-refractivity contribution in [2.24, 2.45) is 0 Å². The molecule has 0 aliphatic heterocycles. The Morgan fingerprint density at radius 2 is 1.94 bits per heavy atom. The molecule has 2 N–H and O–H groups in total. The Morgan fingerprint density at radius 1 is 1.38 bits per heavy atom. The van der Waals surface area contributed by atoms with Crippen LogP contribution in [0.15, 0.2) is 12.2 Å². The Morgan fingerprint density at radius 3 is 2.31 bits per heavy atom. The van der Waals surface area contributed by atoms with Crippen LogP contribution in [0.5, 0.6) is 0 Å². The highest BCUT2D eigenvalue weighted by Crippen LogP contribution is 2.17. The lowest BCUT2D eigenvalue weighted by molar-refractivity contribution is -0.876. The number of carbonyl (C=O) groups is 1. The van der Waals surface area contributed by atoms with E-state index in [1.807, 2.05) is 34.1 Å². The number of likely N-dealkylation sites (N-methyl/N-ethyl adjacent to an activating group) is 1. The number of rotatable bonds is 7. The fourth-order valence-electron chi connectivity index (χ4n) is 1.72. The molecule has 0 aromatic rings. The molecule has 16 heavy (non-hydrogen) atoms. The summed E-state index contributed by atoms with van der Waals surface area (Å²) in [6.07, 6.45) is 5.10. The molecule has 0 saturated carbocycles. The monoisotopic (exact) mass is 230 g/mol. The summed E-state index contributed by atoms with van der Waals surface area (Å²) >= 11 is 0. The second-order valence-electron chi connectivity index (χ2n) is 5.31. The van der Waals surface area contributed by atoms with Gasteiger partial charge in [0.05, 0.1) is 27.6 Å². The number of carboxylic acids is 1. The lowest BCUT2D eigenvalue weighted by Crippen LogP contribution is -2.49. The third-order valence-electron chi connectivity index (χ3n) is 2.09. The lowest BCUT2D eigenvalue weighted by Gasteiger charge is -2.32. The van der Waals surface area contributed by atoms with Crippen molar-refractivity contribution in [3.8, 4) is 0 Å². The summed E-state index contributed by atoms with van der Waals surface area (Å²) in [5.41, 5.74) is -1.25. The van der Waals surface area contributed by atoms with E-state index in [1.165, 1.54) is 0 Å². The molecule has 0 fully saturated rings. The van der Waals surface area contributed by atoms with Gasteiger partial charge in [-0.2, -0.15) is 0 Å². The lowest BCUT2D eigenvalue weighted by atomic mass is 9.97. The Hall–Kier alpha value is -0.870. The molecule has 4 heteroatoms. The molecule has 4 nitrogen and oxygen atoms in total. The maximum atomic E-state index is 10.7. The van der Waals surface area contributed by atoms with Crippen molar-refractivity contribution in [2.75, 3.05) is 27.7 Å². The molecule has 0 aromatic carbocycles. The number of aliphatic carboxylic acids is 1. The number of nitrogens with zero attached hydrogens (tertiary/aromatic N) is 1. The predicted molar refractivity (Wildman–Crippen MR) is 64.2 cm³/mol. The van der Waals surface area contributed by atoms with Crippen molar-refractivity contribution >= 4 is 5.97 Å². The van der Waals surface area contributed by atoms with Crippen LogP contribution in [0.1, 0.15) is 26.2 Å². The number of aliphatic hydroxyl groups is 1. The molecule has 0 rings (SSSR count). The fraction of sp³-hybridized carbons (Fsp3) is 0.750. The van der Waals surface area contributed by atoms with E-state index in [9.17, 15) is 9.90 Å². The van der Waals surface area contributed by atoms with Crippen molar-refractivity contribution in [3.05, 3.63) is 12.2 Å². The van der Waals surface area contributed by atoms with Crippen LogP contribution in [0.2, 0.25) is 0 Å². The van der Waals surface area contributed by atoms with Gasteiger partial charge in [-0.3, -0.25) is 4.79 Å². The van der Waals surface area contributed by atoms with Gasteiger partial charge in [0, 0.05) is 0 Å². The van der Waals surface area contributed by atoms with Crippen LogP contribution < -0.4 is 0 Å². The van der Waals surface area contributed by atoms with Crippen LogP contribution in [0.3, 0.4) is 0 Å². The average Bonchev–Trinajstić information content (AvgIpc) is 1.98. The predicted octanol–water partition coefficient (Wildman–Crippen LogP) is 1.25. The minimum Gasteiger partial charge on any atom is -0.481 e. The summed E-state index contributed by atoms with van der Waals surface area (Å²) in [6, 6.07) is 0. The number of hydrogen-bond acceptors (Lipinski definition) is 2. The number of unbranched alkanes of at least 4 members (excludes halogenated alkanes) is 1. The smallest absolute Gasteiger partial charge is 0.306 e. The molecule has 1 unspecified atom stereocenters. The van der Waals surface area contributed by atoms with Gasteiger partial charge >= 0.3 is 5.97 Å². The minimum absolute atomic E-state index is 0.247. The Labute approximate surface area is 97.8 Å². The molecule has 0 amide bonds. The number of quaternary nitrogens is 1. The van der Waals surface area contributed by atoms with Gasteiger partial charge in [-0.25, -0.2) is 0 Å². The van der Waals surface area contributed by atoms with Gasteiger partial charge < -0.3 is 14.7 Å². The molecule has 94 valence electrons. The Bertz CT molecular complexity index is 255. The molecule has 0 bridgehead atoms. The molecule has 0 aliphatic carbocycles. The largest absolute Gasteiger partial charge is 0.481 e. The van der Waals surface area contributed by atoms with Gasteiger partial charge in [-0.1, -0.05) is 25.5 Å². The van der Waals surface area contributed by atoms with Crippen molar-refractivity contribution in [1.82, 2.24) is 0 Å². The molecular weight excluding hydrogens is 206 g/mol. The summed E-state index contributed by atoms with van der Waals surface area (Å²) in [6.45, 7) is 2.43. The molecule has 0 spiro atoms. The van der Waals surface area contributed by atoms with Gasteiger partial charge in [0.2, 0.25) is 0 Å². The summed E-state index contributed by atoms with van der Waals surface area (Å²) < 4.78 is 0.528. The van der Waals surface area contributed by atoms with Crippen molar-refractivity contribution in [2.45, 2.75) is 31.8 Å². The summed E-state index contributed by atoms with van der Waals surface area (Å²) in [5, 5.41) is 19.1. The van der Waals surface area contributed by atoms with Gasteiger partial charge in [0.15, 0.2) is 0 Å². The first kappa shape index (κ1) is 15.1. The van der Waals surface area contributed by atoms with E-state index >= 15 is 0 Å². The fourth-order valence-corrected chi connectivity index (χ4v) is 1.72. The van der Waals surface area contributed by atoms with E-state index < -0.39 is 11.6 Å². The Kier molecular flexibility index (Phi) is 5.68. The van der Waals surface area contributed by atoms with Crippen LogP contribution in [0, 0.1) is 0 Å². The highest BCUT2D eigenvalue weighted by Gasteiger charge is 2.33. The molecule has 1 atom stereocenters. The van der Waals surface area contributed by atoms with Crippen molar-refractivity contribution in [3.63, 3.8) is 0 Å². The third-order valence-corrected chi connectivity index (χ3v) is 2.09. The first-order chi connectivity index (χ1) is 7.18. The molecule has 0 radical (unpaired) electrons. The van der Waals surface area contributed by atoms with Gasteiger partial charge in [0.1, 0.15) is 12.1 Å². The van der Waals surface area contributed by atoms with E-state index in [-0.39, 0.29) is 6.42 Å². The van der Waals surface area contributed by atoms with E-state index in [0.717, 1.165) is 12.8 Å². The van der Waals surface area contributed by atoms with Crippen LogP contribution in [-0.4, -0.2) is 54.0 Å². The molecular formula is C12H24NO3+. The summed E-state index contributed by atoms with van der Waals surface area (Å²) in [4.78, 5) is 10.7. The first-order valence-electron chi connectivity index (χ1n) is 5.61. The standard InChI is InChI=1S/C12H23NO3/c1-5-6-7-8-12(16,9-11(14)15)10-13(2,3)4/h7-8,16H,5-6,9-10H2,1-4H3/p+1. The molecule has 0 saturated heterocycles. The maximum Gasteiger partial charge on any atom is 0.306 e. The van der Waals surface area contributed by atoms with Gasteiger partial charge in [-0.15, -0.1) is 0 Å². The highest BCUT2D eigenvalue weighted by atomic mass is 16.4. The topological polar surface area (TPSA) is 57.5 Å². The quantitative estimate of drug-likeness (QED) is 0.511. The van der Waals surface area contributed by atoms with E-state index in [2.05, 4.69) is 0 Å². The highest BCUT2D eigenvalue weighted by molar-refractivity contribution is 5.68. The zero-order valence-electron chi connectivity index (χ0n) is 10.7. The molecule has 0 heterocycles. The number of allylic oxidation sites excluding steroid dienone is 1. The van der Waals surface area contributed by atoms with Crippen molar-refractivity contribution in [1.29, 1.82) is 0 Å². The third kappa shape index (κ3) is 7.43. The van der Waals surface area contributed by atoms with Crippen LogP contribution in [0.4, 0.5) is 0 Å². The van der Waals surface area contributed by atoms with E-state index in [0.29, 0.717) is 11.0 Å². The zero-order chi connectivity index (χ0) is 12.8. The maximum absolute atomic E-state index is 10.7. The van der Waals surface area contributed by atoms with Crippen LogP contribution in [0.25, 0.3) is 0 Å². The molecule has 0 aliphatic rings. The number of carboxylic acid groups (broad SMARTS) is 1. The second-order valence-corrected chi connectivity index (χ2v) is 5.31. The molecule has 0 aromatic heterocycles. The minimum atomic E-state index is -1.25. The first-order valence-corrected chi connectivity index (χ1v) is 5.61. The average molecular weight is 230 g/mol. The van der Waals surface area contributed by atoms with Gasteiger partial charge in [0.25, 0.3) is 0 Å². The van der Waals surface area contributed by atoms with E-state index in [4.69, 9.17) is 5.11 Å². The Balaban J connectivity index is 4.67. The summed E-state index contributed by atoms with van der Waals surface area (Å²) in [5.74, 6) is -0.975. The van der Waals surface area contributed by atoms with Gasteiger partial charge in [-0.05, 0) is 6.42 Å². The normalized spacial score (nSPS) is 16.3. The van der Waals surface area contributed by atoms with Crippen LogP contribution >= 0.6 is 0 Å². The number of hydrogen-bond donors (Lipinski definition) is 2. The van der Waals surface area contributed by atoms with Crippen molar-refractivity contribution < 1.29 is 19.5 Å². The second kappa shape index (κ2) is 6.01. The SMILES string of the molecule is CCCC=CC(O)(CC(=O)O)C[N+](C)(C)C. The summed E-state index contributed by atoms with van der Waals surface area (Å²) in [7, 11) is 5.79.